The van der Waals surface area contributed by atoms with E-state index in [-0.39, 0.29) is 17.0 Å². The largest absolute Gasteiger partial charge is 0.507 e. The third-order valence-electron chi connectivity index (χ3n) is 4.58. The van der Waals surface area contributed by atoms with E-state index < -0.39 is 4.92 Å². The summed E-state index contributed by atoms with van der Waals surface area (Å²) >= 11 is 1.52. The van der Waals surface area contributed by atoms with Crippen molar-refractivity contribution in [2.24, 2.45) is 10.2 Å². The van der Waals surface area contributed by atoms with E-state index in [0.29, 0.717) is 11.3 Å². The van der Waals surface area contributed by atoms with E-state index in [2.05, 4.69) is 45.1 Å². The summed E-state index contributed by atoms with van der Waals surface area (Å²) in [6, 6.07) is 20.1. The van der Waals surface area contributed by atoms with Crippen LogP contribution >= 0.6 is 11.3 Å². The van der Waals surface area contributed by atoms with Gasteiger partial charge in [-0.05, 0) is 36.2 Å². The van der Waals surface area contributed by atoms with Gasteiger partial charge in [0.2, 0.25) is 4.80 Å². The minimum Gasteiger partial charge on any atom is -0.507 e. The van der Waals surface area contributed by atoms with Crippen molar-refractivity contribution < 1.29 is 10.0 Å². The van der Waals surface area contributed by atoms with Crippen molar-refractivity contribution in [1.29, 1.82) is 0 Å². The molecular weight excluding hydrogens is 400 g/mol. The molecule has 4 rings (SSSR count). The number of nitrogens with zero attached hydrogens (tertiary/aromatic N) is 4. The Morgan fingerprint density at radius 2 is 1.93 bits per heavy atom. The maximum atomic E-state index is 11.0. The molecule has 0 bridgehead atoms. The molecule has 0 aliphatic rings. The van der Waals surface area contributed by atoms with Crippen LogP contribution in [-0.2, 0) is 6.54 Å². The van der Waals surface area contributed by atoms with Crippen LogP contribution in [0.5, 0.6) is 5.75 Å². The summed E-state index contributed by atoms with van der Waals surface area (Å²) in [5, 5.41) is 29.4. The van der Waals surface area contributed by atoms with Crippen LogP contribution in [0.2, 0.25) is 0 Å². The molecule has 30 heavy (non-hydrogen) atoms. The molecule has 0 aliphatic heterocycles. The van der Waals surface area contributed by atoms with Crippen molar-refractivity contribution >= 4 is 33.5 Å². The van der Waals surface area contributed by atoms with Crippen LogP contribution in [0.1, 0.15) is 16.7 Å². The van der Waals surface area contributed by atoms with Crippen molar-refractivity contribution in [3.8, 4) is 5.75 Å². The van der Waals surface area contributed by atoms with Crippen LogP contribution in [0.25, 0.3) is 10.2 Å². The molecule has 1 N–H and O–H groups in total. The number of aromatic hydroxyl groups is 1. The van der Waals surface area contributed by atoms with Crippen LogP contribution in [-0.4, -0.2) is 20.8 Å². The second kappa shape index (κ2) is 8.30. The summed E-state index contributed by atoms with van der Waals surface area (Å²) in [4.78, 5) is 11.1. The Labute approximate surface area is 176 Å². The SMILES string of the molecule is Cc1ccc2c(c1)sc(=NN=Cc1cc([N+](=O)[O-])ccc1O)n2Cc1ccccc1. The van der Waals surface area contributed by atoms with Gasteiger partial charge in [0.1, 0.15) is 5.75 Å². The Kier molecular flexibility index (Phi) is 5.40. The fourth-order valence-electron chi connectivity index (χ4n) is 3.08. The van der Waals surface area contributed by atoms with Crippen LogP contribution in [0, 0.1) is 17.0 Å². The fraction of sp³-hybridized carbons (Fsp3) is 0.0909. The summed E-state index contributed by atoms with van der Waals surface area (Å²) in [5.74, 6) is -0.0938. The summed E-state index contributed by atoms with van der Waals surface area (Å²) in [6.45, 7) is 2.68. The number of phenols is 1. The molecule has 0 saturated heterocycles. The van der Waals surface area contributed by atoms with Crippen molar-refractivity contribution in [3.05, 3.63) is 98.3 Å². The summed E-state index contributed by atoms with van der Waals surface area (Å²) in [7, 11) is 0. The van der Waals surface area contributed by atoms with Gasteiger partial charge in [0.05, 0.1) is 27.9 Å². The molecule has 0 radical (unpaired) electrons. The molecule has 3 aromatic carbocycles. The molecule has 7 nitrogen and oxygen atoms in total. The molecule has 150 valence electrons. The predicted molar refractivity (Wildman–Crippen MR) is 118 cm³/mol. The van der Waals surface area contributed by atoms with Crippen molar-refractivity contribution in [2.75, 3.05) is 0 Å². The number of aryl methyl sites for hydroxylation is 1. The van der Waals surface area contributed by atoms with Gasteiger partial charge >= 0.3 is 0 Å². The molecule has 0 aliphatic carbocycles. The van der Waals surface area contributed by atoms with Gasteiger partial charge in [-0.2, -0.15) is 5.10 Å². The minimum atomic E-state index is -0.518. The van der Waals surface area contributed by atoms with Gasteiger partial charge in [-0.1, -0.05) is 47.7 Å². The average Bonchev–Trinajstić information content (AvgIpc) is 3.06. The molecule has 8 heteroatoms. The Balaban J connectivity index is 1.77. The lowest BCUT2D eigenvalue weighted by Gasteiger charge is -2.05. The van der Waals surface area contributed by atoms with E-state index in [1.807, 2.05) is 25.1 Å². The molecule has 0 amide bonds. The van der Waals surface area contributed by atoms with E-state index in [9.17, 15) is 15.2 Å². The monoisotopic (exact) mass is 418 g/mol. The van der Waals surface area contributed by atoms with Crippen LogP contribution in [0.3, 0.4) is 0 Å². The first-order chi connectivity index (χ1) is 14.5. The number of benzene rings is 3. The molecular formula is C22H18N4O3S. The van der Waals surface area contributed by atoms with E-state index in [1.165, 1.54) is 35.8 Å². The zero-order valence-electron chi connectivity index (χ0n) is 16.1. The number of nitro benzene ring substituents is 1. The first kappa shape index (κ1) is 19.5. The number of fused-ring (bicyclic) bond motifs is 1. The molecule has 0 saturated carbocycles. The zero-order chi connectivity index (χ0) is 21.1. The number of aromatic nitrogens is 1. The number of nitro groups is 1. The van der Waals surface area contributed by atoms with E-state index in [1.54, 1.807) is 0 Å². The van der Waals surface area contributed by atoms with E-state index in [4.69, 9.17) is 0 Å². The van der Waals surface area contributed by atoms with Crippen LogP contribution in [0.4, 0.5) is 5.69 Å². The van der Waals surface area contributed by atoms with Gasteiger partial charge in [-0.25, -0.2) is 0 Å². The lowest BCUT2D eigenvalue weighted by Crippen LogP contribution is -2.15. The van der Waals surface area contributed by atoms with Gasteiger partial charge in [0.15, 0.2) is 0 Å². The van der Waals surface area contributed by atoms with Gasteiger partial charge in [-0.3, -0.25) is 10.1 Å². The second-order valence-electron chi connectivity index (χ2n) is 6.77. The maximum absolute atomic E-state index is 11.0. The van der Waals surface area contributed by atoms with Crippen molar-refractivity contribution in [2.45, 2.75) is 13.5 Å². The summed E-state index contributed by atoms with van der Waals surface area (Å²) in [5.41, 5.74) is 3.47. The highest BCUT2D eigenvalue weighted by molar-refractivity contribution is 7.16. The number of hydrogen-bond acceptors (Lipinski definition) is 6. The van der Waals surface area contributed by atoms with Gasteiger partial charge in [0.25, 0.3) is 5.69 Å². The highest BCUT2D eigenvalue weighted by Gasteiger charge is 2.09. The lowest BCUT2D eigenvalue weighted by atomic mass is 10.2. The highest BCUT2D eigenvalue weighted by atomic mass is 32.1. The molecule has 1 heterocycles. The molecule has 4 aromatic rings. The van der Waals surface area contributed by atoms with E-state index in [0.717, 1.165) is 21.3 Å². The molecule has 0 unspecified atom stereocenters. The first-order valence-corrected chi connectivity index (χ1v) is 10.0. The van der Waals surface area contributed by atoms with Crippen molar-refractivity contribution in [3.63, 3.8) is 0 Å². The highest BCUT2D eigenvalue weighted by Crippen LogP contribution is 2.22. The third-order valence-corrected chi connectivity index (χ3v) is 5.62. The van der Waals surface area contributed by atoms with Gasteiger partial charge < -0.3 is 9.67 Å². The molecule has 0 fully saturated rings. The first-order valence-electron chi connectivity index (χ1n) is 9.19. The number of rotatable bonds is 5. The Hall–Kier alpha value is -3.78. The van der Waals surface area contributed by atoms with E-state index >= 15 is 0 Å². The Morgan fingerprint density at radius 1 is 1.13 bits per heavy atom. The maximum Gasteiger partial charge on any atom is 0.270 e. The Bertz CT molecular complexity index is 1320. The molecule has 0 spiro atoms. The van der Waals surface area contributed by atoms with Gasteiger partial charge in [0, 0.05) is 17.7 Å². The zero-order valence-corrected chi connectivity index (χ0v) is 16.9. The predicted octanol–water partition coefficient (Wildman–Crippen LogP) is 4.61. The minimum absolute atomic E-state index is 0.0938. The number of thiazole rings is 1. The lowest BCUT2D eigenvalue weighted by molar-refractivity contribution is -0.384. The topological polar surface area (TPSA) is 93.0 Å². The summed E-state index contributed by atoms with van der Waals surface area (Å²) < 4.78 is 3.18. The number of hydrogen-bond donors (Lipinski definition) is 1. The number of phenolic OH excluding ortho intramolecular Hbond substituents is 1. The normalized spacial score (nSPS) is 12.1. The quantitative estimate of drug-likeness (QED) is 0.291. The smallest absolute Gasteiger partial charge is 0.270 e. The molecule has 1 aromatic heterocycles. The fourth-order valence-corrected chi connectivity index (χ4v) is 4.16. The van der Waals surface area contributed by atoms with Crippen LogP contribution < -0.4 is 4.80 Å². The standard InChI is InChI=1S/C22H18N4O3S/c1-15-7-9-19-21(11-15)30-22(25(19)14-16-5-3-2-4-6-16)24-23-13-17-12-18(26(28)29)8-10-20(17)27/h2-13,27H,14H2,1H3. The number of non-ortho nitro benzene ring substituents is 1. The van der Waals surface area contributed by atoms with Gasteiger partial charge in [-0.15, -0.1) is 5.10 Å². The Morgan fingerprint density at radius 3 is 2.70 bits per heavy atom. The average molecular weight is 418 g/mol. The molecule has 0 atom stereocenters. The van der Waals surface area contributed by atoms with Crippen LogP contribution in [0.15, 0.2) is 76.9 Å². The van der Waals surface area contributed by atoms with Crippen molar-refractivity contribution in [1.82, 2.24) is 4.57 Å². The summed E-state index contributed by atoms with van der Waals surface area (Å²) in [6.07, 6.45) is 1.32. The third kappa shape index (κ3) is 4.13. The second-order valence-corrected chi connectivity index (χ2v) is 7.78.